The lowest BCUT2D eigenvalue weighted by molar-refractivity contribution is -0.121. The van der Waals surface area contributed by atoms with Gasteiger partial charge in [-0.15, -0.1) is 12.4 Å². The Hall–Kier alpha value is -0.280. The number of rotatable bonds is 3. The molecule has 62 valence electrons. The van der Waals surface area contributed by atoms with Crippen LogP contribution in [0, 0.1) is 0 Å². The molecule has 0 aliphatic rings. The van der Waals surface area contributed by atoms with Crippen molar-refractivity contribution in [3.8, 4) is 0 Å². The molecule has 1 amide bonds. The van der Waals surface area contributed by atoms with Gasteiger partial charge in [0.1, 0.15) is 0 Å². The number of halogens is 1. The maximum Gasteiger partial charge on any atom is 0.220 e. The van der Waals surface area contributed by atoms with E-state index in [1.165, 1.54) is 0 Å². The number of carbonyl (C=O) groups excluding carboxylic acids is 1. The van der Waals surface area contributed by atoms with Gasteiger partial charge in [0, 0.05) is 6.42 Å². The zero-order chi connectivity index (χ0) is 7.28. The molecule has 0 fully saturated rings. The molecule has 3 nitrogen and oxygen atoms in total. The number of hydrogen-bond donors (Lipinski definition) is 1. The van der Waals surface area contributed by atoms with Crippen molar-refractivity contribution < 1.29 is 4.79 Å². The Balaban J connectivity index is 0. The third kappa shape index (κ3) is 7.72. The predicted octanol–water partition coefficient (Wildman–Crippen LogP) is 0.453. The molecule has 0 saturated heterocycles. The topological polar surface area (TPSA) is 32.3 Å². The SMILES string of the molecule is CCC(=O)NCN(C)C.Cl. The summed E-state index contributed by atoms with van der Waals surface area (Å²) >= 11 is 0. The average molecular weight is 167 g/mol. The van der Waals surface area contributed by atoms with Crippen molar-refractivity contribution in [3.63, 3.8) is 0 Å². The number of nitrogens with one attached hydrogen (secondary N) is 1. The zero-order valence-electron chi connectivity index (χ0n) is 6.68. The molecule has 0 bridgehead atoms. The fourth-order valence-corrected chi connectivity index (χ4v) is 0.371. The van der Waals surface area contributed by atoms with Gasteiger partial charge in [0.25, 0.3) is 0 Å². The van der Waals surface area contributed by atoms with Gasteiger partial charge in [0.2, 0.25) is 5.91 Å². The highest BCUT2D eigenvalue weighted by molar-refractivity contribution is 5.85. The van der Waals surface area contributed by atoms with Gasteiger partial charge in [-0.2, -0.15) is 0 Å². The minimum Gasteiger partial charge on any atom is -0.343 e. The van der Waals surface area contributed by atoms with E-state index in [1.807, 2.05) is 25.9 Å². The van der Waals surface area contributed by atoms with E-state index in [0.717, 1.165) is 0 Å². The maximum atomic E-state index is 10.6. The monoisotopic (exact) mass is 166 g/mol. The third-order valence-corrected chi connectivity index (χ3v) is 0.914. The van der Waals surface area contributed by atoms with Crippen molar-refractivity contribution in [2.24, 2.45) is 0 Å². The van der Waals surface area contributed by atoms with Gasteiger partial charge in [-0.1, -0.05) is 6.92 Å². The smallest absolute Gasteiger partial charge is 0.220 e. The highest BCUT2D eigenvalue weighted by atomic mass is 35.5. The summed E-state index contributed by atoms with van der Waals surface area (Å²) in [6.45, 7) is 2.47. The van der Waals surface area contributed by atoms with Crippen LogP contribution >= 0.6 is 12.4 Å². The molecule has 0 unspecified atom stereocenters. The number of nitrogens with zero attached hydrogens (tertiary/aromatic N) is 1. The maximum absolute atomic E-state index is 10.6. The van der Waals surface area contributed by atoms with Crippen LogP contribution in [-0.4, -0.2) is 31.6 Å². The van der Waals surface area contributed by atoms with E-state index in [1.54, 1.807) is 0 Å². The summed E-state index contributed by atoms with van der Waals surface area (Å²) in [6.07, 6.45) is 0.563. The number of hydrogen-bond acceptors (Lipinski definition) is 2. The Morgan fingerprint density at radius 3 is 2.30 bits per heavy atom. The molecule has 1 N–H and O–H groups in total. The average Bonchev–Trinajstić information content (AvgIpc) is 1.83. The summed E-state index contributed by atoms with van der Waals surface area (Å²) in [5, 5.41) is 2.72. The second-order valence-electron chi connectivity index (χ2n) is 2.19. The summed E-state index contributed by atoms with van der Waals surface area (Å²) in [6, 6.07) is 0. The Kier molecular flexibility index (Phi) is 8.48. The largest absolute Gasteiger partial charge is 0.343 e. The standard InChI is InChI=1S/C6H14N2O.ClH/c1-4-6(9)7-5-8(2)3;/h4-5H2,1-3H3,(H,7,9);1H. The van der Waals surface area contributed by atoms with Crippen LogP contribution in [0.4, 0.5) is 0 Å². The number of carbonyl (C=O) groups is 1. The second-order valence-corrected chi connectivity index (χ2v) is 2.19. The summed E-state index contributed by atoms with van der Waals surface area (Å²) in [4.78, 5) is 12.5. The van der Waals surface area contributed by atoms with E-state index in [-0.39, 0.29) is 18.3 Å². The summed E-state index contributed by atoms with van der Waals surface area (Å²) in [7, 11) is 3.83. The quantitative estimate of drug-likeness (QED) is 0.618. The minimum absolute atomic E-state index is 0. The molecule has 0 rings (SSSR count). The van der Waals surface area contributed by atoms with Crippen molar-refractivity contribution in [1.82, 2.24) is 10.2 Å². The van der Waals surface area contributed by atoms with Crippen molar-refractivity contribution in [3.05, 3.63) is 0 Å². The number of amides is 1. The van der Waals surface area contributed by atoms with Crippen molar-refractivity contribution in [2.75, 3.05) is 20.8 Å². The lowest BCUT2D eigenvalue weighted by atomic mass is 10.5. The molecule has 0 atom stereocenters. The van der Waals surface area contributed by atoms with Crippen LogP contribution in [0.5, 0.6) is 0 Å². The molecule has 10 heavy (non-hydrogen) atoms. The summed E-state index contributed by atoms with van der Waals surface area (Å²) in [5.74, 6) is 0.101. The fourth-order valence-electron chi connectivity index (χ4n) is 0.371. The van der Waals surface area contributed by atoms with Gasteiger partial charge in [-0.3, -0.25) is 9.69 Å². The molecular weight excluding hydrogens is 152 g/mol. The third-order valence-electron chi connectivity index (χ3n) is 0.914. The molecule has 0 heterocycles. The van der Waals surface area contributed by atoms with Gasteiger partial charge in [-0.05, 0) is 14.1 Å². The van der Waals surface area contributed by atoms with Crippen LogP contribution < -0.4 is 5.32 Å². The van der Waals surface area contributed by atoms with E-state index in [2.05, 4.69) is 5.32 Å². The van der Waals surface area contributed by atoms with Crippen LogP contribution in [0.15, 0.2) is 0 Å². The van der Waals surface area contributed by atoms with Crippen LogP contribution in [0.25, 0.3) is 0 Å². The predicted molar refractivity (Wildman–Crippen MR) is 44.2 cm³/mol. The van der Waals surface area contributed by atoms with E-state index in [9.17, 15) is 4.79 Å². The van der Waals surface area contributed by atoms with Gasteiger partial charge < -0.3 is 5.32 Å². The molecule has 0 aromatic carbocycles. The molecule has 0 saturated carbocycles. The Morgan fingerprint density at radius 2 is 2.00 bits per heavy atom. The first kappa shape index (κ1) is 12.4. The van der Waals surface area contributed by atoms with Gasteiger partial charge in [0.15, 0.2) is 0 Å². The first-order valence-electron chi connectivity index (χ1n) is 3.08. The van der Waals surface area contributed by atoms with E-state index in [4.69, 9.17) is 0 Å². The molecule has 0 spiro atoms. The van der Waals surface area contributed by atoms with E-state index in [0.29, 0.717) is 13.1 Å². The Labute approximate surface area is 68.2 Å². The molecule has 0 aliphatic carbocycles. The molecule has 0 aliphatic heterocycles. The first-order chi connectivity index (χ1) is 4.16. The second kappa shape index (κ2) is 6.83. The van der Waals surface area contributed by atoms with Crippen LogP contribution in [-0.2, 0) is 4.79 Å². The lowest BCUT2D eigenvalue weighted by Crippen LogP contribution is -2.32. The minimum atomic E-state index is 0. The van der Waals surface area contributed by atoms with E-state index >= 15 is 0 Å². The first-order valence-corrected chi connectivity index (χ1v) is 3.08. The van der Waals surface area contributed by atoms with Crippen LogP contribution in [0.2, 0.25) is 0 Å². The highest BCUT2D eigenvalue weighted by Crippen LogP contribution is 1.74. The summed E-state index contributed by atoms with van der Waals surface area (Å²) in [5.41, 5.74) is 0. The van der Waals surface area contributed by atoms with Crippen molar-refractivity contribution >= 4 is 18.3 Å². The van der Waals surface area contributed by atoms with Crippen molar-refractivity contribution in [2.45, 2.75) is 13.3 Å². The van der Waals surface area contributed by atoms with Gasteiger partial charge >= 0.3 is 0 Å². The molecule has 0 aromatic heterocycles. The molecule has 4 heteroatoms. The van der Waals surface area contributed by atoms with Gasteiger partial charge in [0.05, 0.1) is 6.67 Å². The van der Waals surface area contributed by atoms with E-state index < -0.39 is 0 Å². The lowest BCUT2D eigenvalue weighted by Gasteiger charge is -2.09. The molecule has 0 radical (unpaired) electrons. The fraction of sp³-hybridized carbons (Fsp3) is 0.833. The van der Waals surface area contributed by atoms with Crippen molar-refractivity contribution in [1.29, 1.82) is 0 Å². The summed E-state index contributed by atoms with van der Waals surface area (Å²) < 4.78 is 0. The highest BCUT2D eigenvalue weighted by Gasteiger charge is 1.94. The van der Waals surface area contributed by atoms with Crippen LogP contribution in [0.3, 0.4) is 0 Å². The zero-order valence-corrected chi connectivity index (χ0v) is 7.49. The molecule has 0 aromatic rings. The molecular formula is C6H15ClN2O. The van der Waals surface area contributed by atoms with Gasteiger partial charge in [-0.25, -0.2) is 0 Å². The Morgan fingerprint density at radius 1 is 1.50 bits per heavy atom. The normalized spacial score (nSPS) is 8.80. The van der Waals surface area contributed by atoms with Crippen LogP contribution in [0.1, 0.15) is 13.3 Å². The Bertz CT molecular complexity index is 95.7.